The Hall–Kier alpha value is -7.24. The Morgan fingerprint density at radius 2 is 1.14 bits per heavy atom. The number of hydrogen-bond donors (Lipinski definition) is 2. The summed E-state index contributed by atoms with van der Waals surface area (Å²) in [6.07, 6.45) is 4.39. The first-order chi connectivity index (χ1) is 31.4. The molecule has 5 aromatic carbocycles. The Balaban J connectivity index is 1.41. The van der Waals surface area contributed by atoms with E-state index in [1.165, 1.54) is 24.3 Å². The van der Waals surface area contributed by atoms with Crippen LogP contribution in [0.4, 0.5) is 0 Å². The van der Waals surface area contributed by atoms with Gasteiger partial charge in [-0.3, -0.25) is 0 Å². The van der Waals surface area contributed by atoms with Crippen LogP contribution in [-0.2, 0) is 29.2 Å². The summed E-state index contributed by atoms with van der Waals surface area (Å²) in [6, 6.07) is 30.9. The molecule has 0 radical (unpaired) electrons. The van der Waals surface area contributed by atoms with Gasteiger partial charge in [0.2, 0.25) is 0 Å². The monoisotopic (exact) mass is 892 g/mol. The first kappa shape index (κ1) is 48.2. The minimum atomic E-state index is -1.39. The summed E-state index contributed by atoms with van der Waals surface area (Å²) in [7, 11) is 0. The van der Waals surface area contributed by atoms with Gasteiger partial charge < -0.3 is 33.9 Å². The van der Waals surface area contributed by atoms with Crippen molar-refractivity contribution in [2.45, 2.75) is 65.6 Å². The van der Waals surface area contributed by atoms with Crippen molar-refractivity contribution >= 4 is 23.9 Å². The SMILES string of the molecule is C=CC(=O)OCC(COc1c(C)cc(C2(c3cc(C)c(OCC(C)(COC(=O)C=C)C(C)(O)/C=C/C)c(C)c3)c3ccccc3-c3ccccc32)cc1C)OC(=O)c1ccccc1C(=O)O. The number of aryl methyl sites for hydroxylation is 4. The molecule has 0 bridgehead atoms. The van der Waals surface area contributed by atoms with E-state index in [1.54, 1.807) is 19.1 Å². The van der Waals surface area contributed by atoms with Crippen molar-refractivity contribution in [3.63, 3.8) is 0 Å². The van der Waals surface area contributed by atoms with Crippen LogP contribution in [0, 0.1) is 33.1 Å². The molecule has 11 nitrogen and oxygen atoms in total. The average molecular weight is 893 g/mol. The van der Waals surface area contributed by atoms with Gasteiger partial charge in [0, 0.05) is 12.2 Å². The molecule has 0 amide bonds. The quantitative estimate of drug-likeness (QED) is 0.0346. The van der Waals surface area contributed by atoms with E-state index in [4.69, 9.17) is 23.7 Å². The molecule has 3 atom stereocenters. The number of carbonyl (C=O) groups is 4. The van der Waals surface area contributed by atoms with Crippen molar-refractivity contribution in [3.05, 3.63) is 190 Å². The van der Waals surface area contributed by atoms with Crippen molar-refractivity contribution in [1.29, 1.82) is 0 Å². The second-order valence-electron chi connectivity index (χ2n) is 17.1. The fourth-order valence-corrected chi connectivity index (χ4v) is 8.78. The van der Waals surface area contributed by atoms with Crippen molar-refractivity contribution in [1.82, 2.24) is 0 Å². The second-order valence-corrected chi connectivity index (χ2v) is 17.1. The fourth-order valence-electron chi connectivity index (χ4n) is 8.78. The van der Waals surface area contributed by atoms with Gasteiger partial charge in [-0.25, -0.2) is 19.2 Å². The maximum absolute atomic E-state index is 13.3. The Morgan fingerprint density at radius 1 is 0.667 bits per heavy atom. The van der Waals surface area contributed by atoms with E-state index in [9.17, 15) is 29.4 Å². The van der Waals surface area contributed by atoms with Gasteiger partial charge in [0.25, 0.3) is 0 Å². The van der Waals surface area contributed by atoms with E-state index in [0.29, 0.717) is 11.5 Å². The van der Waals surface area contributed by atoms with Gasteiger partial charge in [0.15, 0.2) is 6.10 Å². The van der Waals surface area contributed by atoms with Gasteiger partial charge in [0.05, 0.1) is 34.2 Å². The lowest BCUT2D eigenvalue weighted by atomic mass is 9.66. The number of fused-ring (bicyclic) bond motifs is 3. The average Bonchev–Trinajstić information content (AvgIpc) is 3.60. The topological polar surface area (TPSA) is 155 Å². The van der Waals surface area contributed by atoms with Crippen molar-refractivity contribution in [3.8, 4) is 22.6 Å². The smallest absolute Gasteiger partial charge is 0.339 e. The first-order valence-corrected chi connectivity index (χ1v) is 21.6. The normalized spacial score (nSPS) is 14.7. The van der Waals surface area contributed by atoms with E-state index in [-0.39, 0.29) is 37.6 Å². The zero-order valence-electron chi connectivity index (χ0n) is 38.4. The number of hydrogen-bond acceptors (Lipinski definition) is 10. The predicted molar refractivity (Wildman–Crippen MR) is 252 cm³/mol. The number of aliphatic hydroxyl groups is 1. The van der Waals surface area contributed by atoms with Gasteiger partial charge in [-0.1, -0.05) is 110 Å². The Bertz CT molecular complexity index is 2630. The molecule has 0 fully saturated rings. The maximum Gasteiger partial charge on any atom is 0.339 e. The predicted octanol–water partition coefficient (Wildman–Crippen LogP) is 9.76. The van der Waals surface area contributed by atoms with Crippen LogP contribution in [0.15, 0.2) is 135 Å². The van der Waals surface area contributed by atoms with Gasteiger partial charge in [-0.2, -0.15) is 0 Å². The number of carbonyl (C=O) groups excluding carboxylic acids is 3. The van der Waals surface area contributed by atoms with Crippen LogP contribution in [0.1, 0.15) is 86.0 Å². The highest BCUT2D eigenvalue weighted by Gasteiger charge is 2.47. The van der Waals surface area contributed by atoms with E-state index < -0.39 is 46.4 Å². The number of carboxylic acids is 1. The van der Waals surface area contributed by atoms with E-state index in [0.717, 1.165) is 67.8 Å². The Labute approximate surface area is 386 Å². The molecule has 1 aliphatic carbocycles. The molecule has 0 saturated carbocycles. The summed E-state index contributed by atoms with van der Waals surface area (Å²) >= 11 is 0. The lowest BCUT2D eigenvalue weighted by Gasteiger charge is -2.40. The molecule has 66 heavy (non-hydrogen) atoms. The third-order valence-electron chi connectivity index (χ3n) is 12.3. The van der Waals surface area contributed by atoms with Crippen LogP contribution in [0.25, 0.3) is 11.1 Å². The summed E-state index contributed by atoms with van der Waals surface area (Å²) < 4.78 is 29.5. The Kier molecular flexibility index (Phi) is 14.5. The van der Waals surface area contributed by atoms with Crippen LogP contribution in [0.3, 0.4) is 0 Å². The molecule has 3 unspecified atom stereocenters. The third-order valence-corrected chi connectivity index (χ3v) is 12.3. The standard InChI is InChI=1S/C55H56O11/c1-10-25-54(9,61)53(8,32-64-48(57)12-3)33-65-50-36(6)28-39(29-37(50)7)55(45-23-17-15-19-41(45)42-20-16-18-24-46(42)55)38-26-34(4)49(35(5)27-38)63-31-40(30-62-47(56)11-2)66-52(60)44-22-14-13-21-43(44)51(58)59/h10-29,40,61H,2-3,30-33H2,1,4-9H3,(H,58,59)/b25-10+. The van der Waals surface area contributed by atoms with Gasteiger partial charge >= 0.3 is 23.9 Å². The fraction of sp³-hybridized carbons (Fsp3) is 0.273. The van der Waals surface area contributed by atoms with E-state index in [1.807, 2.05) is 65.8 Å². The van der Waals surface area contributed by atoms with E-state index >= 15 is 0 Å². The second kappa shape index (κ2) is 19.9. The summed E-state index contributed by atoms with van der Waals surface area (Å²) in [5, 5.41) is 21.3. The first-order valence-electron chi connectivity index (χ1n) is 21.6. The van der Waals surface area contributed by atoms with Gasteiger partial charge in [-0.05, 0) is 116 Å². The van der Waals surface area contributed by atoms with Crippen LogP contribution in [0.2, 0.25) is 0 Å². The molecule has 1 aliphatic rings. The lowest BCUT2D eigenvalue weighted by molar-refractivity contribution is -0.149. The van der Waals surface area contributed by atoms with Crippen molar-refractivity contribution in [2.75, 3.05) is 26.4 Å². The van der Waals surface area contributed by atoms with E-state index in [2.05, 4.69) is 61.7 Å². The molecule has 0 aliphatic heterocycles. The highest BCUT2D eigenvalue weighted by Crippen LogP contribution is 2.57. The number of rotatable bonds is 19. The largest absolute Gasteiger partial charge is 0.492 e. The highest BCUT2D eigenvalue weighted by atomic mass is 16.6. The molecule has 11 heteroatoms. The lowest BCUT2D eigenvalue weighted by Crippen LogP contribution is -2.50. The highest BCUT2D eigenvalue weighted by molar-refractivity contribution is 6.02. The molecule has 6 rings (SSSR count). The zero-order chi connectivity index (χ0) is 48.0. The van der Waals surface area contributed by atoms with Gasteiger partial charge in [0.1, 0.15) is 31.3 Å². The molecule has 342 valence electrons. The van der Waals surface area contributed by atoms with Crippen LogP contribution >= 0.6 is 0 Å². The number of carboxylic acid groups (broad SMARTS) is 1. The molecule has 5 aromatic rings. The maximum atomic E-state index is 13.3. The van der Waals surface area contributed by atoms with Crippen LogP contribution in [0.5, 0.6) is 11.5 Å². The summed E-state index contributed by atoms with van der Waals surface area (Å²) in [5.41, 5.74) is 5.99. The van der Waals surface area contributed by atoms with Crippen LogP contribution in [-0.4, -0.2) is 72.2 Å². The summed E-state index contributed by atoms with van der Waals surface area (Å²) in [4.78, 5) is 49.5. The number of esters is 3. The molecule has 2 N–H and O–H groups in total. The zero-order valence-corrected chi connectivity index (χ0v) is 38.4. The Morgan fingerprint density at radius 3 is 1.64 bits per heavy atom. The van der Waals surface area contributed by atoms with Crippen LogP contribution < -0.4 is 9.47 Å². The number of ether oxygens (including phenoxy) is 5. The van der Waals surface area contributed by atoms with Crippen molar-refractivity contribution in [2.24, 2.45) is 5.41 Å². The number of aromatic carboxylic acids is 1. The molecule has 0 aromatic heterocycles. The molecule has 0 heterocycles. The minimum Gasteiger partial charge on any atom is -0.492 e. The van der Waals surface area contributed by atoms with Gasteiger partial charge in [-0.15, -0.1) is 0 Å². The third kappa shape index (κ3) is 9.44. The number of benzene rings is 5. The van der Waals surface area contributed by atoms with Crippen molar-refractivity contribution < 1.29 is 53.1 Å². The summed E-state index contributed by atoms with van der Waals surface area (Å²) in [6.45, 7) is 19.4. The molecule has 0 saturated heterocycles. The molecule has 0 spiro atoms. The number of allylic oxidation sites excluding steroid dienone is 1. The minimum absolute atomic E-state index is 0.0266. The molecular weight excluding hydrogens is 837 g/mol. The molecular formula is C55H56O11. The summed E-state index contributed by atoms with van der Waals surface area (Å²) in [5.74, 6) is -2.36.